The minimum atomic E-state index is -0.359. The van der Waals surface area contributed by atoms with E-state index in [-0.39, 0.29) is 42.1 Å². The van der Waals surface area contributed by atoms with E-state index in [2.05, 4.69) is 10.4 Å². The van der Waals surface area contributed by atoms with E-state index in [1.165, 1.54) is 16.8 Å². The van der Waals surface area contributed by atoms with Crippen molar-refractivity contribution in [2.45, 2.75) is 38.9 Å². The number of hydrogen-bond acceptors (Lipinski definition) is 4. The third kappa shape index (κ3) is 4.73. The zero-order chi connectivity index (χ0) is 22.7. The van der Waals surface area contributed by atoms with E-state index < -0.39 is 0 Å². The third-order valence-electron chi connectivity index (χ3n) is 5.47. The van der Waals surface area contributed by atoms with Crippen molar-refractivity contribution in [1.29, 1.82) is 0 Å². The zero-order valence-electron chi connectivity index (χ0n) is 17.6. The molecule has 0 unspecified atom stereocenters. The summed E-state index contributed by atoms with van der Waals surface area (Å²) in [4.78, 5) is 39.3. The van der Waals surface area contributed by atoms with Gasteiger partial charge < -0.3 is 10.2 Å². The first-order chi connectivity index (χ1) is 15.4. The predicted octanol–water partition coefficient (Wildman–Crippen LogP) is 3.19. The molecule has 1 N–H and O–H groups in total. The number of nitrogens with zero attached hydrogens (tertiary/aromatic N) is 3. The van der Waals surface area contributed by atoms with Crippen LogP contribution >= 0.6 is 11.6 Å². The Hall–Kier alpha value is -3.45. The van der Waals surface area contributed by atoms with Crippen molar-refractivity contribution in [1.82, 2.24) is 15.1 Å². The summed E-state index contributed by atoms with van der Waals surface area (Å²) in [5, 5.41) is 7.68. The molecule has 0 aliphatic carbocycles. The van der Waals surface area contributed by atoms with Crippen molar-refractivity contribution >= 4 is 29.1 Å². The van der Waals surface area contributed by atoms with Crippen LogP contribution in [-0.2, 0) is 24.3 Å². The molecule has 3 aromatic rings. The van der Waals surface area contributed by atoms with Gasteiger partial charge in [-0.2, -0.15) is 5.10 Å². The van der Waals surface area contributed by atoms with E-state index in [1.807, 2.05) is 43.3 Å². The monoisotopic (exact) mass is 450 g/mol. The quantitative estimate of drug-likeness (QED) is 0.625. The van der Waals surface area contributed by atoms with Gasteiger partial charge in [-0.05, 0) is 48.7 Å². The molecule has 0 spiro atoms. The highest BCUT2D eigenvalue weighted by molar-refractivity contribution is 6.30. The Morgan fingerprint density at radius 1 is 1.09 bits per heavy atom. The Kier molecular flexibility index (Phi) is 6.37. The normalized spacial score (nSPS) is 14.8. The highest BCUT2D eigenvalue weighted by atomic mass is 35.5. The van der Waals surface area contributed by atoms with Crippen LogP contribution in [0.1, 0.15) is 35.0 Å². The van der Waals surface area contributed by atoms with Gasteiger partial charge in [-0.1, -0.05) is 41.9 Å². The fraction of sp³-hybridized carbons (Fsp3) is 0.250. The highest BCUT2D eigenvalue weighted by Gasteiger charge is 2.32. The van der Waals surface area contributed by atoms with Gasteiger partial charge in [0.15, 0.2) is 0 Å². The molecule has 164 valence electrons. The molecule has 2 aromatic carbocycles. The van der Waals surface area contributed by atoms with Crippen LogP contribution < -0.4 is 15.8 Å². The molecule has 0 fully saturated rings. The standard InChI is InChI=1S/C24H23ClN4O3/c1-16-14-18-4-2-3-5-21(18)29(16)24(32)20-10-11-23(31)28(27-20)13-12-22(30)26-15-17-6-8-19(25)9-7-17/h2-11,16H,12-15H2,1H3,(H,26,30)/t16-/m1/s1. The smallest absolute Gasteiger partial charge is 0.278 e. The first kappa shape index (κ1) is 21.8. The van der Waals surface area contributed by atoms with Gasteiger partial charge in [0, 0.05) is 35.8 Å². The van der Waals surface area contributed by atoms with E-state index in [0.717, 1.165) is 23.2 Å². The summed E-state index contributed by atoms with van der Waals surface area (Å²) in [6, 6.07) is 17.7. The molecule has 32 heavy (non-hydrogen) atoms. The van der Waals surface area contributed by atoms with Crippen molar-refractivity contribution in [3.05, 3.63) is 92.9 Å². The summed E-state index contributed by atoms with van der Waals surface area (Å²) in [5.41, 5.74) is 2.72. The number of rotatable bonds is 6. The lowest BCUT2D eigenvalue weighted by Crippen LogP contribution is -2.38. The lowest BCUT2D eigenvalue weighted by Gasteiger charge is -2.22. The Morgan fingerprint density at radius 2 is 1.84 bits per heavy atom. The van der Waals surface area contributed by atoms with Crippen molar-refractivity contribution in [2.75, 3.05) is 4.90 Å². The number of carbonyl (C=O) groups is 2. The second kappa shape index (κ2) is 9.36. The lowest BCUT2D eigenvalue weighted by molar-refractivity contribution is -0.121. The van der Waals surface area contributed by atoms with E-state index in [1.54, 1.807) is 17.0 Å². The number of hydrogen-bond donors (Lipinski definition) is 1. The average molecular weight is 451 g/mol. The summed E-state index contributed by atoms with van der Waals surface area (Å²) in [5.74, 6) is -0.476. The molecular formula is C24H23ClN4O3. The number of aryl methyl sites for hydroxylation is 1. The zero-order valence-corrected chi connectivity index (χ0v) is 18.4. The van der Waals surface area contributed by atoms with Crippen molar-refractivity contribution in [2.24, 2.45) is 0 Å². The average Bonchev–Trinajstić information content (AvgIpc) is 3.13. The van der Waals surface area contributed by atoms with Crippen LogP contribution in [0.3, 0.4) is 0 Å². The van der Waals surface area contributed by atoms with Gasteiger partial charge in [-0.25, -0.2) is 4.68 Å². The molecule has 0 saturated carbocycles. The van der Waals surface area contributed by atoms with E-state index in [9.17, 15) is 14.4 Å². The second-order valence-corrected chi connectivity index (χ2v) is 8.23. The van der Waals surface area contributed by atoms with Gasteiger partial charge >= 0.3 is 0 Å². The van der Waals surface area contributed by atoms with Gasteiger partial charge in [-0.15, -0.1) is 0 Å². The Bertz CT molecular complexity index is 1210. The van der Waals surface area contributed by atoms with Gasteiger partial charge in [-0.3, -0.25) is 14.4 Å². The van der Waals surface area contributed by atoms with Gasteiger partial charge in [0.25, 0.3) is 11.5 Å². The molecule has 4 rings (SSSR count). The number of nitrogens with one attached hydrogen (secondary N) is 1. The number of halogens is 1. The number of fused-ring (bicyclic) bond motifs is 1. The fourth-order valence-corrected chi connectivity index (χ4v) is 3.95. The van der Waals surface area contributed by atoms with Crippen LogP contribution in [0, 0.1) is 0 Å². The summed E-state index contributed by atoms with van der Waals surface area (Å²) < 4.78 is 1.17. The lowest BCUT2D eigenvalue weighted by atomic mass is 10.1. The van der Waals surface area contributed by atoms with E-state index in [0.29, 0.717) is 11.6 Å². The van der Waals surface area contributed by atoms with Crippen LogP contribution in [-0.4, -0.2) is 27.6 Å². The van der Waals surface area contributed by atoms with Crippen LogP contribution in [0.15, 0.2) is 65.5 Å². The molecule has 1 aliphatic rings. The number of aromatic nitrogens is 2. The van der Waals surface area contributed by atoms with Crippen LogP contribution in [0.25, 0.3) is 0 Å². The number of benzene rings is 2. The summed E-state index contributed by atoms with van der Waals surface area (Å²) in [6.07, 6.45) is 0.844. The Morgan fingerprint density at radius 3 is 2.62 bits per heavy atom. The van der Waals surface area contributed by atoms with Crippen molar-refractivity contribution in [3.8, 4) is 0 Å². The summed E-state index contributed by atoms with van der Waals surface area (Å²) in [6.45, 7) is 2.43. The second-order valence-electron chi connectivity index (χ2n) is 7.79. The largest absolute Gasteiger partial charge is 0.352 e. The fourth-order valence-electron chi connectivity index (χ4n) is 3.82. The molecular weight excluding hydrogens is 428 g/mol. The third-order valence-corrected chi connectivity index (χ3v) is 5.72. The predicted molar refractivity (Wildman–Crippen MR) is 123 cm³/mol. The molecule has 1 aromatic heterocycles. The molecule has 0 bridgehead atoms. The maximum Gasteiger partial charge on any atom is 0.278 e. The Balaban J connectivity index is 1.41. The summed E-state index contributed by atoms with van der Waals surface area (Å²) >= 11 is 5.86. The first-order valence-electron chi connectivity index (χ1n) is 10.4. The topological polar surface area (TPSA) is 84.3 Å². The number of anilines is 1. The molecule has 2 amide bonds. The minimum Gasteiger partial charge on any atom is -0.352 e. The SMILES string of the molecule is C[C@@H]1Cc2ccccc2N1C(=O)c1ccc(=O)n(CCC(=O)NCc2ccc(Cl)cc2)n1. The van der Waals surface area contributed by atoms with Crippen LogP contribution in [0.4, 0.5) is 5.69 Å². The maximum absolute atomic E-state index is 13.2. The molecule has 0 radical (unpaired) electrons. The van der Waals surface area contributed by atoms with Crippen LogP contribution in [0.2, 0.25) is 5.02 Å². The molecule has 7 nitrogen and oxygen atoms in total. The molecule has 2 heterocycles. The maximum atomic E-state index is 13.2. The van der Waals surface area contributed by atoms with Gasteiger partial charge in [0.2, 0.25) is 5.91 Å². The number of para-hydroxylation sites is 1. The number of carbonyl (C=O) groups excluding carboxylic acids is 2. The first-order valence-corrected chi connectivity index (χ1v) is 10.8. The molecule has 8 heteroatoms. The van der Waals surface area contributed by atoms with E-state index in [4.69, 9.17) is 11.6 Å². The molecule has 0 saturated heterocycles. The number of amides is 2. The summed E-state index contributed by atoms with van der Waals surface area (Å²) in [7, 11) is 0. The van der Waals surface area contributed by atoms with Crippen LogP contribution in [0.5, 0.6) is 0 Å². The van der Waals surface area contributed by atoms with Gasteiger partial charge in [0.05, 0.1) is 6.54 Å². The Labute approximate surface area is 190 Å². The highest BCUT2D eigenvalue weighted by Crippen LogP contribution is 2.32. The van der Waals surface area contributed by atoms with E-state index >= 15 is 0 Å². The molecule has 1 atom stereocenters. The molecule has 1 aliphatic heterocycles. The van der Waals surface area contributed by atoms with Crippen molar-refractivity contribution in [3.63, 3.8) is 0 Å². The minimum absolute atomic E-state index is 0.000670. The van der Waals surface area contributed by atoms with Crippen molar-refractivity contribution < 1.29 is 9.59 Å². The van der Waals surface area contributed by atoms with Gasteiger partial charge in [0.1, 0.15) is 5.69 Å².